The summed E-state index contributed by atoms with van der Waals surface area (Å²) < 4.78 is 5.35. The molecule has 1 aromatic heterocycles. The summed E-state index contributed by atoms with van der Waals surface area (Å²) in [4.78, 5) is 20.4. The van der Waals surface area contributed by atoms with E-state index in [1.165, 1.54) is 5.56 Å². The highest BCUT2D eigenvalue weighted by Crippen LogP contribution is 2.09. The third kappa shape index (κ3) is 5.10. The normalized spacial score (nSPS) is 17.4. The number of pyridine rings is 1. The van der Waals surface area contributed by atoms with Gasteiger partial charge in [-0.2, -0.15) is 0 Å². The minimum Gasteiger partial charge on any atom is -0.379 e. The fourth-order valence-corrected chi connectivity index (χ4v) is 2.53. The number of morpholine rings is 1. The molecule has 1 aliphatic heterocycles. The highest BCUT2D eigenvalue weighted by molar-refractivity contribution is 5.76. The van der Waals surface area contributed by atoms with Crippen LogP contribution >= 0.6 is 0 Å². The highest BCUT2D eigenvalue weighted by Gasteiger charge is 2.21. The van der Waals surface area contributed by atoms with Crippen LogP contribution in [0.1, 0.15) is 18.9 Å². The molecule has 0 spiro atoms. The van der Waals surface area contributed by atoms with Gasteiger partial charge < -0.3 is 9.64 Å². The second-order valence-electron chi connectivity index (χ2n) is 5.62. The van der Waals surface area contributed by atoms with Crippen molar-refractivity contribution in [1.82, 2.24) is 14.8 Å². The van der Waals surface area contributed by atoms with Crippen LogP contribution in [0.25, 0.3) is 0 Å². The van der Waals surface area contributed by atoms with Crippen molar-refractivity contribution in [2.24, 2.45) is 0 Å². The predicted molar refractivity (Wildman–Crippen MR) is 82.0 cm³/mol. The minimum atomic E-state index is 0.211. The topological polar surface area (TPSA) is 45.7 Å². The standard InChI is InChI=1S/C16H25N3O2/c1-14(19-9-11-21-12-10-19)13-16(20)18(2)8-5-15-3-6-17-7-4-15/h3-4,6-7,14H,5,8-13H2,1-2H3/t14-/m0/s1. The largest absolute Gasteiger partial charge is 0.379 e. The van der Waals surface area contributed by atoms with Gasteiger partial charge in [-0.15, -0.1) is 0 Å². The van der Waals surface area contributed by atoms with Gasteiger partial charge in [-0.3, -0.25) is 14.7 Å². The first-order valence-electron chi connectivity index (χ1n) is 7.61. The van der Waals surface area contributed by atoms with Gasteiger partial charge in [-0.1, -0.05) is 0 Å². The van der Waals surface area contributed by atoms with E-state index in [0.29, 0.717) is 6.42 Å². The van der Waals surface area contributed by atoms with Crippen LogP contribution in [0, 0.1) is 0 Å². The molecule has 0 saturated carbocycles. The van der Waals surface area contributed by atoms with Crippen LogP contribution < -0.4 is 0 Å². The van der Waals surface area contributed by atoms with Gasteiger partial charge in [0.2, 0.25) is 5.91 Å². The van der Waals surface area contributed by atoms with Crippen LogP contribution in [0.15, 0.2) is 24.5 Å². The average molecular weight is 291 g/mol. The van der Waals surface area contributed by atoms with Crippen molar-refractivity contribution >= 4 is 5.91 Å². The van der Waals surface area contributed by atoms with Crippen molar-refractivity contribution in [2.45, 2.75) is 25.8 Å². The molecule has 0 aliphatic carbocycles. The summed E-state index contributed by atoms with van der Waals surface area (Å²) in [6, 6.07) is 4.27. The van der Waals surface area contributed by atoms with Crippen LogP contribution in [-0.4, -0.2) is 66.6 Å². The zero-order valence-electron chi connectivity index (χ0n) is 13.0. The molecule has 0 aromatic carbocycles. The third-order valence-corrected chi connectivity index (χ3v) is 4.05. The Morgan fingerprint density at radius 2 is 2.05 bits per heavy atom. The van der Waals surface area contributed by atoms with Gasteiger partial charge in [0.25, 0.3) is 0 Å². The van der Waals surface area contributed by atoms with Crippen molar-refractivity contribution in [2.75, 3.05) is 39.9 Å². The van der Waals surface area contributed by atoms with Crippen LogP contribution in [0.4, 0.5) is 0 Å². The van der Waals surface area contributed by atoms with E-state index in [-0.39, 0.29) is 11.9 Å². The summed E-state index contributed by atoms with van der Waals surface area (Å²) in [5.41, 5.74) is 1.21. The Labute approximate surface area is 126 Å². The molecule has 116 valence electrons. The first-order chi connectivity index (χ1) is 10.2. The van der Waals surface area contributed by atoms with E-state index in [1.807, 2.05) is 24.1 Å². The predicted octanol–water partition coefficient (Wildman–Crippen LogP) is 1.19. The first-order valence-corrected chi connectivity index (χ1v) is 7.61. The zero-order valence-corrected chi connectivity index (χ0v) is 13.0. The molecule has 0 radical (unpaired) electrons. The Hall–Kier alpha value is -1.46. The number of amides is 1. The number of ether oxygens (including phenoxy) is 1. The molecule has 1 aromatic rings. The Morgan fingerprint density at radius 3 is 2.71 bits per heavy atom. The molecule has 21 heavy (non-hydrogen) atoms. The van der Waals surface area contributed by atoms with Gasteiger partial charge in [-0.25, -0.2) is 0 Å². The van der Waals surface area contributed by atoms with Crippen LogP contribution in [0.5, 0.6) is 0 Å². The summed E-state index contributed by atoms with van der Waals surface area (Å²) in [7, 11) is 1.88. The average Bonchev–Trinajstić information content (AvgIpc) is 2.54. The molecule has 1 amide bonds. The molecular formula is C16H25N3O2. The number of rotatable bonds is 6. The first kappa shape index (κ1) is 15.9. The summed E-state index contributed by atoms with van der Waals surface area (Å²) in [6.07, 6.45) is 5.03. The van der Waals surface area contributed by atoms with Crippen molar-refractivity contribution in [1.29, 1.82) is 0 Å². The maximum Gasteiger partial charge on any atom is 0.223 e. The Morgan fingerprint density at radius 1 is 1.38 bits per heavy atom. The van der Waals surface area contributed by atoms with Crippen LogP contribution in [0.3, 0.4) is 0 Å². The van der Waals surface area contributed by atoms with Gasteiger partial charge >= 0.3 is 0 Å². The molecule has 0 unspecified atom stereocenters. The molecule has 0 bridgehead atoms. The van der Waals surface area contributed by atoms with Crippen molar-refractivity contribution < 1.29 is 9.53 Å². The second-order valence-corrected chi connectivity index (χ2v) is 5.62. The van der Waals surface area contributed by atoms with Gasteiger partial charge in [-0.05, 0) is 31.0 Å². The summed E-state index contributed by atoms with van der Waals surface area (Å²) in [6.45, 7) is 6.27. The number of carbonyl (C=O) groups is 1. The van der Waals surface area contributed by atoms with E-state index >= 15 is 0 Å². The summed E-state index contributed by atoms with van der Waals surface area (Å²) in [5, 5.41) is 0. The summed E-state index contributed by atoms with van der Waals surface area (Å²) >= 11 is 0. The lowest BCUT2D eigenvalue weighted by Gasteiger charge is -2.32. The van der Waals surface area contributed by atoms with Gasteiger partial charge in [0, 0.05) is 51.5 Å². The molecule has 1 atom stereocenters. The Kier molecular flexibility index (Phi) is 6.14. The number of carbonyl (C=O) groups excluding carboxylic acids is 1. The lowest BCUT2D eigenvalue weighted by Crippen LogP contribution is -2.44. The van der Waals surface area contributed by atoms with E-state index in [4.69, 9.17) is 4.74 Å². The van der Waals surface area contributed by atoms with Crippen molar-refractivity contribution in [3.05, 3.63) is 30.1 Å². The van der Waals surface area contributed by atoms with E-state index in [1.54, 1.807) is 12.4 Å². The molecule has 5 heteroatoms. The maximum absolute atomic E-state index is 12.3. The number of hydrogen-bond acceptors (Lipinski definition) is 4. The number of aromatic nitrogens is 1. The Bertz CT molecular complexity index is 432. The van der Waals surface area contributed by atoms with E-state index in [9.17, 15) is 4.79 Å². The molecule has 1 saturated heterocycles. The van der Waals surface area contributed by atoms with Gasteiger partial charge in [0.05, 0.1) is 13.2 Å². The van der Waals surface area contributed by atoms with E-state index < -0.39 is 0 Å². The molecule has 1 aliphatic rings. The van der Waals surface area contributed by atoms with E-state index in [0.717, 1.165) is 39.3 Å². The van der Waals surface area contributed by atoms with Gasteiger partial charge in [0.1, 0.15) is 0 Å². The lowest BCUT2D eigenvalue weighted by molar-refractivity contribution is -0.131. The number of likely N-dealkylation sites (N-methyl/N-ethyl adjacent to an activating group) is 1. The monoisotopic (exact) mass is 291 g/mol. The molecule has 2 heterocycles. The molecule has 2 rings (SSSR count). The zero-order chi connectivity index (χ0) is 15.1. The number of hydrogen-bond donors (Lipinski definition) is 0. The highest BCUT2D eigenvalue weighted by atomic mass is 16.5. The van der Waals surface area contributed by atoms with Crippen molar-refractivity contribution in [3.63, 3.8) is 0 Å². The quantitative estimate of drug-likeness (QED) is 0.790. The SMILES string of the molecule is C[C@@H](CC(=O)N(C)CCc1ccncc1)N1CCOCC1. The molecule has 1 fully saturated rings. The van der Waals surface area contributed by atoms with Crippen LogP contribution in [0.2, 0.25) is 0 Å². The van der Waals surface area contributed by atoms with Crippen LogP contribution in [-0.2, 0) is 16.0 Å². The molecular weight excluding hydrogens is 266 g/mol. The third-order valence-electron chi connectivity index (χ3n) is 4.05. The van der Waals surface area contributed by atoms with Crippen molar-refractivity contribution in [3.8, 4) is 0 Å². The van der Waals surface area contributed by atoms with E-state index in [2.05, 4.69) is 16.8 Å². The number of nitrogens with zero attached hydrogens (tertiary/aromatic N) is 3. The summed E-state index contributed by atoms with van der Waals surface area (Å²) in [5.74, 6) is 0.211. The maximum atomic E-state index is 12.3. The Balaban J connectivity index is 1.74. The fourth-order valence-electron chi connectivity index (χ4n) is 2.53. The lowest BCUT2D eigenvalue weighted by atomic mass is 10.1. The minimum absolute atomic E-state index is 0.211. The second kappa shape index (κ2) is 8.10. The molecule has 5 nitrogen and oxygen atoms in total. The van der Waals surface area contributed by atoms with Gasteiger partial charge in [0.15, 0.2) is 0 Å². The smallest absolute Gasteiger partial charge is 0.223 e. The fraction of sp³-hybridized carbons (Fsp3) is 0.625. The molecule has 0 N–H and O–H groups in total.